The molecule has 0 unspecified atom stereocenters. The Kier molecular flexibility index (Phi) is 3.28. The van der Waals surface area contributed by atoms with Gasteiger partial charge in [-0.05, 0) is 6.92 Å². The number of nitrogens with zero attached hydrogens (tertiary/aromatic N) is 2. The van der Waals surface area contributed by atoms with Crippen molar-refractivity contribution in [2.24, 2.45) is 0 Å². The molecule has 0 aliphatic heterocycles. The van der Waals surface area contributed by atoms with Gasteiger partial charge in [0.1, 0.15) is 11.6 Å². The number of hydrogen-bond donors (Lipinski definition) is 3. The summed E-state index contributed by atoms with van der Waals surface area (Å²) < 4.78 is 0. The molecule has 2 heterocycles. The Hall–Kier alpha value is -2.70. The van der Waals surface area contributed by atoms with Gasteiger partial charge >= 0.3 is 0 Å². The third-order valence-corrected chi connectivity index (χ3v) is 2.38. The summed E-state index contributed by atoms with van der Waals surface area (Å²) in [5, 5.41) is 2.53. The number of aromatic nitrogens is 3. The first-order chi connectivity index (χ1) is 8.95. The van der Waals surface area contributed by atoms with Crippen molar-refractivity contribution in [1.82, 2.24) is 15.0 Å². The van der Waals surface area contributed by atoms with E-state index >= 15 is 0 Å². The molecule has 19 heavy (non-hydrogen) atoms. The van der Waals surface area contributed by atoms with Gasteiger partial charge < -0.3 is 16.0 Å². The van der Waals surface area contributed by atoms with Gasteiger partial charge in [-0.25, -0.2) is 9.97 Å². The average Bonchev–Trinajstić information content (AvgIpc) is 2.26. The van der Waals surface area contributed by atoms with E-state index in [4.69, 9.17) is 5.73 Å². The quantitative estimate of drug-likeness (QED) is 0.733. The number of nitrogens with two attached hydrogens (primary N) is 1. The maximum Gasteiger partial charge on any atom is 0.251 e. The monoisotopic (exact) mass is 259 g/mol. The van der Waals surface area contributed by atoms with Gasteiger partial charge in [-0.3, -0.25) is 9.59 Å². The zero-order valence-corrected chi connectivity index (χ0v) is 10.5. The highest BCUT2D eigenvalue weighted by atomic mass is 16.1. The van der Waals surface area contributed by atoms with Crippen molar-refractivity contribution in [3.8, 4) is 11.3 Å². The van der Waals surface area contributed by atoms with Crippen LogP contribution in [0.25, 0.3) is 11.3 Å². The van der Waals surface area contributed by atoms with Crippen LogP contribution in [-0.2, 0) is 4.79 Å². The first-order valence-corrected chi connectivity index (χ1v) is 5.57. The molecule has 2 rings (SSSR count). The molecule has 2 aromatic rings. The van der Waals surface area contributed by atoms with Gasteiger partial charge in [-0.2, -0.15) is 0 Å². The number of rotatable bonds is 2. The van der Waals surface area contributed by atoms with Gasteiger partial charge in [0.2, 0.25) is 5.91 Å². The summed E-state index contributed by atoms with van der Waals surface area (Å²) in [4.78, 5) is 33.1. The van der Waals surface area contributed by atoms with Gasteiger partial charge in [-0.1, -0.05) is 0 Å². The van der Waals surface area contributed by atoms with Gasteiger partial charge in [0.15, 0.2) is 0 Å². The molecule has 2 aromatic heterocycles. The zero-order chi connectivity index (χ0) is 14.0. The Morgan fingerprint density at radius 1 is 1.42 bits per heavy atom. The Balaban J connectivity index is 2.45. The lowest BCUT2D eigenvalue weighted by molar-refractivity contribution is -0.114. The molecule has 7 nitrogen and oxygen atoms in total. The maximum atomic E-state index is 11.4. The van der Waals surface area contributed by atoms with E-state index in [2.05, 4.69) is 20.3 Å². The molecule has 0 bridgehead atoms. The first-order valence-electron chi connectivity index (χ1n) is 5.57. The highest BCUT2D eigenvalue weighted by Crippen LogP contribution is 2.24. The van der Waals surface area contributed by atoms with Crippen LogP contribution in [0.15, 0.2) is 23.1 Å². The fourth-order valence-corrected chi connectivity index (χ4v) is 1.65. The van der Waals surface area contributed by atoms with Gasteiger partial charge in [0.25, 0.3) is 5.56 Å². The van der Waals surface area contributed by atoms with Crippen LogP contribution in [0.2, 0.25) is 0 Å². The highest BCUT2D eigenvalue weighted by Gasteiger charge is 2.08. The van der Waals surface area contributed by atoms with Crippen molar-refractivity contribution in [3.63, 3.8) is 0 Å². The highest BCUT2D eigenvalue weighted by molar-refractivity contribution is 5.89. The lowest BCUT2D eigenvalue weighted by Crippen LogP contribution is -2.10. The molecule has 1 amide bonds. The number of aromatic amines is 1. The fraction of sp³-hybridized carbons (Fsp3) is 0.167. The Bertz CT molecular complexity index is 693. The van der Waals surface area contributed by atoms with Crippen molar-refractivity contribution >= 4 is 17.4 Å². The van der Waals surface area contributed by atoms with Crippen LogP contribution in [0.1, 0.15) is 12.7 Å². The van der Waals surface area contributed by atoms with Gasteiger partial charge in [0.05, 0.1) is 5.69 Å². The normalized spacial score (nSPS) is 10.2. The summed E-state index contributed by atoms with van der Waals surface area (Å²) in [6, 6.07) is 2.87. The topological polar surface area (TPSA) is 114 Å². The predicted octanol–water partition coefficient (Wildman–Crippen LogP) is 0.681. The van der Waals surface area contributed by atoms with Crippen LogP contribution in [0.5, 0.6) is 0 Å². The molecular formula is C12H13N5O2. The number of aryl methyl sites for hydroxylation is 1. The van der Waals surface area contributed by atoms with Crippen molar-refractivity contribution in [1.29, 1.82) is 0 Å². The number of carbonyl (C=O) groups is 1. The molecule has 0 radical (unpaired) electrons. The molecule has 0 spiro atoms. The summed E-state index contributed by atoms with van der Waals surface area (Å²) >= 11 is 0. The molecule has 0 aliphatic rings. The van der Waals surface area contributed by atoms with E-state index in [0.717, 1.165) is 0 Å². The summed E-state index contributed by atoms with van der Waals surface area (Å²) in [6.45, 7) is 3.06. The first kappa shape index (κ1) is 12.7. The number of H-pyrrole nitrogens is 1. The molecule has 0 saturated heterocycles. The van der Waals surface area contributed by atoms with Crippen LogP contribution >= 0.6 is 0 Å². The molecule has 98 valence electrons. The molecule has 4 N–H and O–H groups in total. The number of nitrogen functional groups attached to an aromatic ring is 1. The van der Waals surface area contributed by atoms with Crippen LogP contribution in [0.3, 0.4) is 0 Å². The Labute approximate surface area is 108 Å². The molecule has 0 fully saturated rings. The number of pyridine rings is 1. The number of hydrogen-bond acceptors (Lipinski definition) is 5. The molecule has 0 aliphatic carbocycles. The zero-order valence-electron chi connectivity index (χ0n) is 10.5. The average molecular weight is 259 g/mol. The van der Waals surface area contributed by atoms with E-state index in [9.17, 15) is 9.59 Å². The van der Waals surface area contributed by atoms with E-state index in [-0.39, 0.29) is 11.5 Å². The number of amides is 1. The Morgan fingerprint density at radius 2 is 2.16 bits per heavy atom. The molecular weight excluding hydrogens is 246 g/mol. The van der Waals surface area contributed by atoms with E-state index in [1.165, 1.54) is 25.3 Å². The number of nitrogens with one attached hydrogen (secondary N) is 2. The lowest BCUT2D eigenvalue weighted by Gasteiger charge is -2.07. The van der Waals surface area contributed by atoms with Crippen LogP contribution in [0.4, 0.5) is 11.5 Å². The second-order valence-corrected chi connectivity index (χ2v) is 4.05. The van der Waals surface area contributed by atoms with Crippen molar-refractivity contribution in [2.75, 3.05) is 11.1 Å². The minimum atomic E-state index is -0.257. The largest absolute Gasteiger partial charge is 0.398 e. The van der Waals surface area contributed by atoms with Crippen molar-refractivity contribution < 1.29 is 4.79 Å². The van der Waals surface area contributed by atoms with E-state index in [0.29, 0.717) is 28.6 Å². The fourth-order valence-electron chi connectivity index (χ4n) is 1.65. The third kappa shape index (κ3) is 2.95. The van der Waals surface area contributed by atoms with E-state index in [1.807, 2.05) is 0 Å². The van der Waals surface area contributed by atoms with E-state index in [1.54, 1.807) is 6.92 Å². The standard InChI is InChI=1S/C12H13N5O2/c1-6-15-10(4-12(19)16-6)8-5-14-11(3-9(8)13)17-7(2)18/h3-5H,1-2H3,(H,15,16,19)(H3,13,14,17,18). The molecule has 0 saturated carbocycles. The molecule has 0 atom stereocenters. The minimum absolute atomic E-state index is 0.232. The molecule has 7 heteroatoms. The van der Waals surface area contributed by atoms with Gasteiger partial charge in [-0.15, -0.1) is 0 Å². The van der Waals surface area contributed by atoms with E-state index < -0.39 is 0 Å². The third-order valence-electron chi connectivity index (χ3n) is 2.38. The summed E-state index contributed by atoms with van der Waals surface area (Å²) in [7, 11) is 0. The number of anilines is 2. The summed E-state index contributed by atoms with van der Waals surface area (Å²) in [5.41, 5.74) is 7.00. The van der Waals surface area contributed by atoms with Crippen LogP contribution in [-0.4, -0.2) is 20.9 Å². The number of carbonyl (C=O) groups excluding carboxylic acids is 1. The van der Waals surface area contributed by atoms with Gasteiger partial charge in [0, 0.05) is 36.5 Å². The maximum absolute atomic E-state index is 11.4. The predicted molar refractivity (Wildman–Crippen MR) is 71.5 cm³/mol. The Morgan fingerprint density at radius 3 is 2.74 bits per heavy atom. The van der Waals surface area contributed by atoms with Crippen molar-refractivity contribution in [2.45, 2.75) is 13.8 Å². The smallest absolute Gasteiger partial charge is 0.251 e. The second kappa shape index (κ2) is 4.89. The lowest BCUT2D eigenvalue weighted by atomic mass is 10.1. The summed E-state index contributed by atoms with van der Waals surface area (Å²) in [5.74, 6) is 0.618. The van der Waals surface area contributed by atoms with Crippen molar-refractivity contribution in [3.05, 3.63) is 34.5 Å². The van der Waals surface area contributed by atoms with Crippen LogP contribution < -0.4 is 16.6 Å². The minimum Gasteiger partial charge on any atom is -0.398 e. The van der Waals surface area contributed by atoms with Crippen LogP contribution in [0, 0.1) is 6.92 Å². The molecule has 0 aromatic carbocycles. The summed E-state index contributed by atoms with van der Waals surface area (Å²) in [6.07, 6.45) is 1.47. The second-order valence-electron chi connectivity index (χ2n) is 4.05. The SMILES string of the molecule is CC(=O)Nc1cc(N)c(-c2cc(=O)[nH]c(C)n2)cn1.